The number of imidazole rings is 1. The van der Waals surface area contributed by atoms with Crippen molar-refractivity contribution in [3.63, 3.8) is 0 Å². The van der Waals surface area contributed by atoms with Gasteiger partial charge < -0.3 is 24.3 Å². The van der Waals surface area contributed by atoms with Gasteiger partial charge in [-0.05, 0) is 52.5 Å². The van der Waals surface area contributed by atoms with Crippen LogP contribution < -0.4 is 5.32 Å². The van der Waals surface area contributed by atoms with Crippen molar-refractivity contribution in [2.24, 2.45) is 7.05 Å². The number of hydrogen-bond donors (Lipinski definition) is 1. The maximum Gasteiger partial charge on any atom is 0.273 e. The third-order valence-electron chi connectivity index (χ3n) is 7.40. The Morgan fingerprint density at radius 2 is 1.84 bits per heavy atom. The van der Waals surface area contributed by atoms with Crippen LogP contribution in [-0.4, -0.2) is 71.4 Å². The number of aryl methyl sites for hydroxylation is 3. The number of nitrogens with one attached hydrogen (secondary N) is 1. The first kappa shape index (κ1) is 23.9. The van der Waals surface area contributed by atoms with Crippen molar-refractivity contribution < 1.29 is 9.59 Å². The second-order valence-electron chi connectivity index (χ2n) is 10.1. The Balaban J connectivity index is 1.45. The smallest absolute Gasteiger partial charge is 0.273 e. The average molecular weight is 521 g/mol. The van der Waals surface area contributed by atoms with E-state index in [9.17, 15) is 9.59 Å². The van der Waals surface area contributed by atoms with Crippen LogP contribution in [-0.2, 0) is 13.6 Å². The number of hydrogen-bond acceptors (Lipinski definition) is 7. The Morgan fingerprint density at radius 3 is 2.46 bits per heavy atom. The maximum atomic E-state index is 13.8. The second kappa shape index (κ2) is 8.83. The molecule has 2 amide bonds. The number of rotatable bonds is 8. The van der Waals surface area contributed by atoms with Crippen molar-refractivity contribution in [2.75, 3.05) is 18.9 Å². The van der Waals surface area contributed by atoms with E-state index in [1.807, 2.05) is 43.0 Å². The normalized spacial score (nSPS) is 15.5. The fourth-order valence-electron chi connectivity index (χ4n) is 5.04. The van der Waals surface area contributed by atoms with Gasteiger partial charge in [0.2, 0.25) is 0 Å². The second-order valence-corrected chi connectivity index (χ2v) is 11.3. The van der Waals surface area contributed by atoms with E-state index < -0.39 is 0 Å². The van der Waals surface area contributed by atoms with Gasteiger partial charge in [-0.25, -0.2) is 15.0 Å². The lowest BCUT2D eigenvalue weighted by Crippen LogP contribution is -2.36. The molecule has 37 heavy (non-hydrogen) atoms. The van der Waals surface area contributed by atoms with Crippen LogP contribution >= 0.6 is 11.3 Å². The van der Waals surface area contributed by atoms with Gasteiger partial charge in [-0.3, -0.25) is 9.59 Å². The third kappa shape index (κ3) is 3.96. The highest BCUT2D eigenvalue weighted by Crippen LogP contribution is 2.40. The Hall–Kier alpha value is -3.47. The molecule has 2 aliphatic carbocycles. The summed E-state index contributed by atoms with van der Waals surface area (Å²) in [4.78, 5) is 45.3. The van der Waals surface area contributed by atoms with Crippen LogP contribution in [0.25, 0.3) is 22.1 Å². The van der Waals surface area contributed by atoms with E-state index in [4.69, 9.17) is 4.98 Å². The standard InChI is InChI=1S/C26H32N8O2S/c1-6-31(4)25(36)19-14(3)37-26(28-19)30-22-20-21(32(5)13-27-20)17-12-18(33(7-2)23(17)29-22)24(35)34(15-8-9-15)16-10-11-16/h12-13,15-16H,6-11H2,1-5H3,(H,28,29,30). The molecule has 2 fully saturated rings. The minimum absolute atomic E-state index is 0.102. The predicted molar refractivity (Wildman–Crippen MR) is 145 cm³/mol. The van der Waals surface area contributed by atoms with Crippen LogP contribution in [0.4, 0.5) is 10.9 Å². The van der Waals surface area contributed by atoms with Gasteiger partial charge in [-0.2, -0.15) is 0 Å². The van der Waals surface area contributed by atoms with Crippen LogP contribution in [0, 0.1) is 6.92 Å². The highest BCUT2D eigenvalue weighted by Gasteiger charge is 2.43. The number of amides is 2. The molecule has 0 atom stereocenters. The molecule has 1 N–H and O–H groups in total. The van der Waals surface area contributed by atoms with Gasteiger partial charge in [-0.15, -0.1) is 11.3 Å². The summed E-state index contributed by atoms with van der Waals surface area (Å²) in [5.74, 6) is 0.566. The monoisotopic (exact) mass is 520 g/mol. The van der Waals surface area contributed by atoms with E-state index in [0.717, 1.165) is 47.1 Å². The van der Waals surface area contributed by atoms with Crippen molar-refractivity contribution in [2.45, 2.75) is 65.1 Å². The first-order chi connectivity index (χ1) is 17.8. The van der Waals surface area contributed by atoms with Gasteiger partial charge in [0.25, 0.3) is 11.8 Å². The number of carbonyl (C=O) groups is 2. The highest BCUT2D eigenvalue weighted by molar-refractivity contribution is 7.15. The summed E-state index contributed by atoms with van der Waals surface area (Å²) in [5.41, 5.74) is 3.49. The Morgan fingerprint density at radius 1 is 1.14 bits per heavy atom. The van der Waals surface area contributed by atoms with Gasteiger partial charge in [0.05, 0.1) is 11.8 Å². The van der Waals surface area contributed by atoms with E-state index in [0.29, 0.717) is 53.0 Å². The molecule has 4 aromatic heterocycles. The molecule has 194 valence electrons. The number of anilines is 2. The van der Waals surface area contributed by atoms with Gasteiger partial charge >= 0.3 is 0 Å². The average Bonchev–Trinajstić information content (AvgIpc) is 3.80. The van der Waals surface area contributed by atoms with Crippen LogP contribution in [0.2, 0.25) is 0 Å². The molecule has 0 bridgehead atoms. The van der Waals surface area contributed by atoms with Crippen LogP contribution in [0.3, 0.4) is 0 Å². The van der Waals surface area contributed by atoms with Crippen LogP contribution in [0.15, 0.2) is 12.4 Å². The van der Waals surface area contributed by atoms with E-state index in [1.165, 1.54) is 11.3 Å². The topological polar surface area (TPSA) is 101 Å². The van der Waals surface area contributed by atoms with Crippen LogP contribution in [0.1, 0.15) is 65.4 Å². The van der Waals surface area contributed by atoms with E-state index >= 15 is 0 Å². The summed E-state index contributed by atoms with van der Waals surface area (Å²) >= 11 is 1.42. The summed E-state index contributed by atoms with van der Waals surface area (Å²) in [6.45, 7) is 7.12. The summed E-state index contributed by atoms with van der Waals surface area (Å²) in [7, 11) is 3.72. The van der Waals surface area contributed by atoms with Crippen molar-refractivity contribution in [1.82, 2.24) is 33.9 Å². The molecule has 10 nitrogen and oxygen atoms in total. The molecule has 0 saturated heterocycles. The Bertz CT molecular complexity index is 1530. The molecule has 11 heteroatoms. The zero-order chi connectivity index (χ0) is 26.0. The molecular formula is C26H32N8O2S. The van der Waals surface area contributed by atoms with E-state index in [-0.39, 0.29) is 11.8 Å². The molecular weight excluding hydrogens is 488 g/mol. The lowest BCUT2D eigenvalue weighted by Gasteiger charge is -2.22. The van der Waals surface area contributed by atoms with Gasteiger partial charge in [-0.1, -0.05) is 0 Å². The summed E-state index contributed by atoms with van der Waals surface area (Å²) < 4.78 is 3.99. The number of pyridine rings is 1. The first-order valence-corrected chi connectivity index (χ1v) is 13.8. The molecule has 0 aliphatic heterocycles. The van der Waals surface area contributed by atoms with E-state index in [1.54, 1.807) is 18.3 Å². The minimum atomic E-state index is -0.102. The summed E-state index contributed by atoms with van der Waals surface area (Å²) in [6.07, 6.45) is 6.15. The minimum Gasteiger partial charge on any atom is -0.341 e. The quantitative estimate of drug-likeness (QED) is 0.372. The molecule has 6 rings (SSSR count). The molecule has 0 unspecified atom stereocenters. The first-order valence-electron chi connectivity index (χ1n) is 13.0. The number of carbonyl (C=O) groups excluding carboxylic acids is 2. The van der Waals surface area contributed by atoms with Gasteiger partial charge in [0.1, 0.15) is 22.6 Å². The highest BCUT2D eigenvalue weighted by atomic mass is 32.1. The fraction of sp³-hybridized carbons (Fsp3) is 0.500. The number of nitrogens with zero attached hydrogens (tertiary/aromatic N) is 7. The number of thiazole rings is 1. The maximum absolute atomic E-state index is 13.8. The summed E-state index contributed by atoms with van der Waals surface area (Å²) in [5, 5.41) is 4.83. The third-order valence-corrected chi connectivity index (χ3v) is 8.28. The van der Waals surface area contributed by atoms with Gasteiger partial charge in [0, 0.05) is 49.5 Å². The molecule has 4 aromatic rings. The predicted octanol–water partition coefficient (Wildman–Crippen LogP) is 4.31. The SMILES string of the molecule is CCN(C)C(=O)c1nc(Nc2nc3c(cc(C(=O)N(C4CC4)C4CC4)n3CC)c3c2ncn3C)sc1C. The Labute approximate surface area is 219 Å². The van der Waals surface area contributed by atoms with E-state index in [2.05, 4.69) is 20.2 Å². The zero-order valence-electron chi connectivity index (χ0n) is 21.9. The van der Waals surface area contributed by atoms with Crippen molar-refractivity contribution in [3.8, 4) is 0 Å². The largest absolute Gasteiger partial charge is 0.341 e. The molecule has 0 spiro atoms. The number of aromatic nitrogens is 5. The Kier molecular flexibility index (Phi) is 5.70. The van der Waals surface area contributed by atoms with Crippen molar-refractivity contribution >= 4 is 56.2 Å². The van der Waals surface area contributed by atoms with Crippen molar-refractivity contribution in [3.05, 3.63) is 28.7 Å². The molecule has 0 aromatic carbocycles. The van der Waals surface area contributed by atoms with Gasteiger partial charge in [0.15, 0.2) is 10.9 Å². The number of fused-ring (bicyclic) bond motifs is 3. The molecule has 2 saturated carbocycles. The van der Waals surface area contributed by atoms with Crippen molar-refractivity contribution in [1.29, 1.82) is 0 Å². The molecule has 4 heterocycles. The van der Waals surface area contributed by atoms with Crippen LogP contribution in [0.5, 0.6) is 0 Å². The lowest BCUT2D eigenvalue weighted by molar-refractivity contribution is 0.0718. The lowest BCUT2D eigenvalue weighted by atomic mass is 10.2. The molecule has 2 aliphatic rings. The fourth-order valence-corrected chi connectivity index (χ4v) is 5.84. The zero-order valence-corrected chi connectivity index (χ0v) is 22.7. The molecule has 0 radical (unpaired) electrons. The summed E-state index contributed by atoms with van der Waals surface area (Å²) in [6, 6.07) is 2.74.